The zero-order chi connectivity index (χ0) is 20.5. The predicted molar refractivity (Wildman–Crippen MR) is 88.0 cm³/mol. The van der Waals surface area contributed by atoms with Crippen molar-refractivity contribution in [3.05, 3.63) is 58.5 Å². The molecule has 5 nitrogen and oxygen atoms in total. The molecule has 0 aliphatic heterocycles. The zero-order valence-electron chi connectivity index (χ0n) is 14.3. The Kier molecular flexibility index (Phi) is 4.90. The monoisotopic (exact) mass is 415 g/mol. The van der Waals surface area contributed by atoms with E-state index in [-0.39, 0.29) is 5.63 Å². The van der Waals surface area contributed by atoms with Gasteiger partial charge >= 0.3 is 38.6 Å². The number of halogens is 6. The van der Waals surface area contributed by atoms with Crippen molar-refractivity contribution in [2.45, 2.75) is 26.9 Å². The van der Waals surface area contributed by atoms with Gasteiger partial charge in [-0.1, -0.05) is 11.6 Å². The Morgan fingerprint density at radius 2 is 1.78 bits per heavy atom. The summed E-state index contributed by atoms with van der Waals surface area (Å²) in [6.45, 7) is 5.49. The molecule has 2 aromatic heterocycles. The van der Waals surface area contributed by atoms with Crippen LogP contribution in [0.1, 0.15) is 18.1 Å². The number of nitrogens with zero attached hydrogens (tertiary/aromatic N) is 3. The Morgan fingerprint density at radius 1 is 1.15 bits per heavy atom. The number of hydrogen-bond acceptors (Lipinski definition) is 3. The Bertz CT molecular complexity index is 1020. The number of aryl methyl sites for hydroxylation is 2. The molecule has 0 N–H and O–H groups in total. The van der Waals surface area contributed by atoms with Gasteiger partial charge in [0.05, 0.1) is 6.54 Å². The SMILES string of the molecule is CCn1c[n+](Cc2cc(=O)oc3ccc(C)cc23)cn1.F[P-](F)(F)(F)(F)F. The second-order valence-corrected chi connectivity index (χ2v) is 7.74. The third-order valence-electron chi connectivity index (χ3n) is 3.29. The van der Waals surface area contributed by atoms with E-state index in [9.17, 15) is 30.0 Å². The van der Waals surface area contributed by atoms with Crippen molar-refractivity contribution in [3.8, 4) is 0 Å². The summed E-state index contributed by atoms with van der Waals surface area (Å²) >= 11 is 0. The second kappa shape index (κ2) is 6.33. The maximum atomic E-state index is 11.6. The fraction of sp³-hybridized carbons (Fsp3) is 0.267. The topological polar surface area (TPSA) is 51.9 Å². The number of fused-ring (bicyclic) bond motifs is 1. The van der Waals surface area contributed by atoms with E-state index >= 15 is 0 Å². The summed E-state index contributed by atoms with van der Waals surface area (Å²) in [5.41, 5.74) is 2.39. The van der Waals surface area contributed by atoms with Crippen molar-refractivity contribution in [1.82, 2.24) is 9.78 Å². The van der Waals surface area contributed by atoms with E-state index in [0.717, 1.165) is 23.1 Å². The Labute approximate surface area is 149 Å². The summed E-state index contributed by atoms with van der Waals surface area (Å²) < 4.78 is 68.2. The van der Waals surface area contributed by atoms with Crippen LogP contribution in [0.5, 0.6) is 0 Å². The normalized spacial score (nSPS) is 14.2. The third-order valence-corrected chi connectivity index (χ3v) is 3.29. The molecule has 0 aliphatic carbocycles. The van der Waals surface area contributed by atoms with Crippen LogP contribution >= 0.6 is 7.81 Å². The van der Waals surface area contributed by atoms with Gasteiger partial charge in [0.15, 0.2) is 0 Å². The molecule has 0 radical (unpaired) electrons. The summed E-state index contributed by atoms with van der Waals surface area (Å²) in [6, 6.07) is 7.38. The van der Waals surface area contributed by atoms with Crippen LogP contribution in [0.15, 0.2) is 46.1 Å². The quantitative estimate of drug-likeness (QED) is 0.261. The molecule has 0 fully saturated rings. The number of rotatable bonds is 3. The molecule has 0 amide bonds. The first kappa shape index (κ1) is 20.9. The third kappa shape index (κ3) is 7.78. The molecule has 0 saturated carbocycles. The van der Waals surface area contributed by atoms with Crippen molar-refractivity contribution in [3.63, 3.8) is 0 Å². The summed E-state index contributed by atoms with van der Waals surface area (Å²) in [5, 5.41) is 5.20. The van der Waals surface area contributed by atoms with Gasteiger partial charge in [0, 0.05) is 22.1 Å². The fourth-order valence-electron chi connectivity index (χ4n) is 2.28. The molecule has 0 spiro atoms. The molecular formula is C15H16F6N3O2P. The van der Waals surface area contributed by atoms with Crippen LogP contribution in [0, 0.1) is 6.92 Å². The van der Waals surface area contributed by atoms with E-state index in [4.69, 9.17) is 4.42 Å². The molecule has 2 heterocycles. The van der Waals surface area contributed by atoms with E-state index in [1.54, 1.807) is 12.4 Å². The zero-order valence-corrected chi connectivity index (χ0v) is 15.1. The number of aromatic nitrogens is 3. The van der Waals surface area contributed by atoms with Gasteiger partial charge in [-0.05, 0) is 26.0 Å². The van der Waals surface area contributed by atoms with Crippen LogP contribution in [0.4, 0.5) is 25.2 Å². The van der Waals surface area contributed by atoms with Gasteiger partial charge in [-0.3, -0.25) is 0 Å². The molecule has 0 aliphatic rings. The standard InChI is InChI=1S/C15H16N3O2.F6P/c1-3-18-10-17(9-16-18)8-12-7-15(19)20-14-5-4-11(2)6-13(12)14;1-7(2,3,4,5)6/h4-7,9-10H,3,8H2,1-2H3;/q+1;-1. The molecule has 3 rings (SSSR count). The van der Waals surface area contributed by atoms with Crippen molar-refractivity contribution in [2.75, 3.05) is 0 Å². The molecule has 12 heteroatoms. The van der Waals surface area contributed by atoms with E-state index in [2.05, 4.69) is 5.10 Å². The van der Waals surface area contributed by atoms with Crippen LogP contribution in [0.3, 0.4) is 0 Å². The Morgan fingerprint density at radius 3 is 2.33 bits per heavy atom. The summed E-state index contributed by atoms with van der Waals surface area (Å²) in [6.07, 6.45) is 3.69. The number of benzene rings is 1. The Hall–Kier alpha value is -2.42. The van der Waals surface area contributed by atoms with Crippen LogP contribution in [0.25, 0.3) is 11.0 Å². The van der Waals surface area contributed by atoms with Crippen molar-refractivity contribution < 1.29 is 34.2 Å². The van der Waals surface area contributed by atoms with Gasteiger partial charge in [0.1, 0.15) is 12.1 Å². The fourth-order valence-corrected chi connectivity index (χ4v) is 2.28. The van der Waals surface area contributed by atoms with E-state index in [1.165, 1.54) is 0 Å². The van der Waals surface area contributed by atoms with Gasteiger partial charge in [0.2, 0.25) is 6.33 Å². The van der Waals surface area contributed by atoms with Crippen LogP contribution in [-0.2, 0) is 13.1 Å². The molecule has 3 aromatic rings. The molecule has 27 heavy (non-hydrogen) atoms. The molecular weight excluding hydrogens is 399 g/mol. The first-order valence-electron chi connectivity index (χ1n) is 7.62. The molecule has 1 aromatic carbocycles. The first-order chi connectivity index (χ1) is 12.1. The first-order valence-corrected chi connectivity index (χ1v) is 9.65. The van der Waals surface area contributed by atoms with Crippen molar-refractivity contribution >= 4 is 18.8 Å². The van der Waals surface area contributed by atoms with Crippen LogP contribution in [-0.4, -0.2) is 9.78 Å². The van der Waals surface area contributed by atoms with E-state index in [0.29, 0.717) is 12.1 Å². The van der Waals surface area contributed by atoms with Crippen molar-refractivity contribution in [2.24, 2.45) is 0 Å². The van der Waals surface area contributed by atoms with Gasteiger partial charge in [-0.25, -0.2) is 9.36 Å². The minimum absolute atomic E-state index is 0.320. The predicted octanol–water partition coefficient (Wildman–Crippen LogP) is 5.04. The van der Waals surface area contributed by atoms with Gasteiger partial charge in [-0.15, -0.1) is 4.68 Å². The summed E-state index contributed by atoms with van der Waals surface area (Å²) in [5.74, 6) is 0. The van der Waals surface area contributed by atoms with Crippen molar-refractivity contribution in [1.29, 1.82) is 0 Å². The molecule has 0 bridgehead atoms. The molecule has 0 saturated heterocycles. The van der Waals surface area contributed by atoms with Crippen LogP contribution < -0.4 is 10.2 Å². The van der Waals surface area contributed by atoms with Gasteiger partial charge in [-0.2, -0.15) is 0 Å². The summed E-state index contributed by atoms with van der Waals surface area (Å²) in [4.78, 5) is 11.6. The van der Waals surface area contributed by atoms with E-state index in [1.807, 2.05) is 47.6 Å². The second-order valence-electron chi connectivity index (χ2n) is 5.82. The van der Waals surface area contributed by atoms with Crippen LogP contribution in [0.2, 0.25) is 0 Å². The Balaban J connectivity index is 0.000000321. The number of hydrogen-bond donors (Lipinski definition) is 0. The minimum atomic E-state index is -10.7. The average Bonchev–Trinajstić information content (AvgIpc) is 2.92. The average molecular weight is 415 g/mol. The molecule has 0 unspecified atom stereocenters. The van der Waals surface area contributed by atoms with Gasteiger partial charge < -0.3 is 4.42 Å². The van der Waals surface area contributed by atoms with Gasteiger partial charge in [0.25, 0.3) is 6.33 Å². The molecule has 150 valence electrons. The van der Waals surface area contributed by atoms with E-state index < -0.39 is 7.81 Å². The molecule has 0 atom stereocenters. The summed E-state index contributed by atoms with van der Waals surface area (Å²) in [7, 11) is -10.7. The maximum absolute atomic E-state index is 11.6.